The van der Waals surface area contributed by atoms with Crippen LogP contribution in [0, 0.1) is 0 Å². The van der Waals surface area contributed by atoms with Crippen LogP contribution in [0.3, 0.4) is 0 Å². The molecule has 0 aliphatic carbocycles. The molecule has 0 rings (SSSR count). The fourth-order valence-electron chi connectivity index (χ4n) is 0.763. The molecule has 0 unspecified atom stereocenters. The molecule has 68 valence electrons. The van der Waals surface area contributed by atoms with Gasteiger partial charge in [-0.25, -0.2) is 0 Å². The van der Waals surface area contributed by atoms with Crippen molar-refractivity contribution in [2.24, 2.45) is 4.99 Å². The summed E-state index contributed by atoms with van der Waals surface area (Å²) in [6.07, 6.45) is 5.87. The van der Waals surface area contributed by atoms with Gasteiger partial charge in [0.25, 0.3) is 0 Å². The first kappa shape index (κ1) is 11.0. The van der Waals surface area contributed by atoms with Crippen LogP contribution in [0.5, 0.6) is 0 Å². The predicted molar refractivity (Wildman–Crippen MR) is 55.4 cm³/mol. The van der Waals surface area contributed by atoms with Gasteiger partial charge in [0.15, 0.2) is 0 Å². The second-order valence-corrected chi connectivity index (χ2v) is 2.78. The molecule has 0 aromatic heterocycles. The molecule has 0 aromatic rings. The smallest absolute Gasteiger partial charge is 0.0372 e. The van der Waals surface area contributed by atoms with Crippen molar-refractivity contribution in [1.29, 1.82) is 0 Å². The van der Waals surface area contributed by atoms with Crippen LogP contribution in [0.4, 0.5) is 0 Å². The predicted octanol–water partition coefficient (Wildman–Crippen LogP) is 2.49. The summed E-state index contributed by atoms with van der Waals surface area (Å²) in [5.74, 6) is 0. The van der Waals surface area contributed by atoms with E-state index in [-0.39, 0.29) is 0 Å². The third kappa shape index (κ3) is 7.06. The molecule has 0 aliphatic rings. The number of aliphatic imine (C=N–C) groups is 1. The van der Waals surface area contributed by atoms with Crippen molar-refractivity contribution < 1.29 is 0 Å². The van der Waals surface area contributed by atoms with Crippen molar-refractivity contribution in [3.63, 3.8) is 0 Å². The van der Waals surface area contributed by atoms with E-state index in [0.717, 1.165) is 18.0 Å². The first-order valence-corrected chi connectivity index (χ1v) is 4.25. The Morgan fingerprint density at radius 2 is 2.00 bits per heavy atom. The molecule has 0 bridgehead atoms. The van der Waals surface area contributed by atoms with E-state index < -0.39 is 0 Å². The normalized spacial score (nSPS) is 11.8. The summed E-state index contributed by atoms with van der Waals surface area (Å²) >= 11 is 0. The summed E-state index contributed by atoms with van der Waals surface area (Å²) in [4.78, 5) is 4.27. The summed E-state index contributed by atoms with van der Waals surface area (Å²) in [5, 5.41) is 3.08. The maximum absolute atomic E-state index is 4.27. The van der Waals surface area contributed by atoms with E-state index in [1.807, 2.05) is 39.1 Å². The highest BCUT2D eigenvalue weighted by molar-refractivity contribution is 5.80. The highest BCUT2D eigenvalue weighted by Gasteiger charge is 1.80. The molecule has 0 atom stereocenters. The first-order chi connectivity index (χ1) is 5.66. The van der Waals surface area contributed by atoms with Gasteiger partial charge in [0.05, 0.1) is 0 Å². The van der Waals surface area contributed by atoms with Crippen LogP contribution in [-0.2, 0) is 0 Å². The average molecular weight is 166 g/mol. The highest BCUT2D eigenvalue weighted by Crippen LogP contribution is 1.95. The number of hydrogen-bond donors (Lipinski definition) is 1. The van der Waals surface area contributed by atoms with Crippen molar-refractivity contribution in [2.75, 3.05) is 6.54 Å². The Balaban J connectivity index is 3.92. The molecule has 0 saturated carbocycles. The largest absolute Gasteiger partial charge is 0.391 e. The number of nitrogens with zero attached hydrogens (tertiary/aromatic N) is 1. The number of nitrogens with one attached hydrogen (secondary N) is 1. The molecule has 0 heterocycles. The summed E-state index contributed by atoms with van der Waals surface area (Å²) in [5.41, 5.74) is 2.12. The first-order valence-electron chi connectivity index (χ1n) is 4.25. The molecule has 0 saturated heterocycles. The average Bonchev–Trinajstić information content (AvgIpc) is 1.97. The van der Waals surface area contributed by atoms with Crippen molar-refractivity contribution in [1.82, 2.24) is 5.32 Å². The van der Waals surface area contributed by atoms with Gasteiger partial charge in [-0.15, -0.1) is 0 Å². The van der Waals surface area contributed by atoms with Gasteiger partial charge in [0.1, 0.15) is 0 Å². The zero-order chi connectivity index (χ0) is 9.40. The lowest BCUT2D eigenvalue weighted by atomic mass is 10.4. The van der Waals surface area contributed by atoms with E-state index in [1.165, 1.54) is 0 Å². The zero-order valence-electron chi connectivity index (χ0n) is 8.39. The van der Waals surface area contributed by atoms with Crippen LogP contribution in [0.2, 0.25) is 0 Å². The molecule has 2 nitrogen and oxygen atoms in total. The zero-order valence-corrected chi connectivity index (χ0v) is 8.39. The maximum Gasteiger partial charge on any atom is 0.0372 e. The lowest BCUT2D eigenvalue weighted by Gasteiger charge is -1.92. The molecule has 0 aromatic carbocycles. The lowest BCUT2D eigenvalue weighted by Crippen LogP contribution is -2.00. The second-order valence-electron chi connectivity index (χ2n) is 2.78. The number of allylic oxidation sites excluding steroid dienone is 3. The van der Waals surface area contributed by atoms with Crippen molar-refractivity contribution >= 4 is 5.71 Å². The molecular formula is C10H18N2. The molecule has 0 amide bonds. The van der Waals surface area contributed by atoms with Gasteiger partial charge in [-0.2, -0.15) is 0 Å². The van der Waals surface area contributed by atoms with Gasteiger partial charge in [0, 0.05) is 18.0 Å². The molecule has 2 heteroatoms. The van der Waals surface area contributed by atoms with Crippen LogP contribution in [-0.4, -0.2) is 12.3 Å². The van der Waals surface area contributed by atoms with E-state index in [1.54, 1.807) is 0 Å². The summed E-state index contributed by atoms with van der Waals surface area (Å²) in [6.45, 7) is 8.99. The fraction of sp³-hybridized carbons (Fsp3) is 0.500. The molecule has 0 aliphatic heterocycles. The van der Waals surface area contributed by atoms with Crippen LogP contribution >= 0.6 is 0 Å². The SMILES string of the molecule is CCN/C=C\C=C(\C)N=C(C)C. The van der Waals surface area contributed by atoms with Crippen molar-refractivity contribution in [3.05, 3.63) is 24.0 Å². The molecule has 1 N–H and O–H groups in total. The minimum absolute atomic E-state index is 0.958. The van der Waals surface area contributed by atoms with Gasteiger partial charge < -0.3 is 5.32 Å². The van der Waals surface area contributed by atoms with E-state index in [4.69, 9.17) is 0 Å². The Kier molecular flexibility index (Phi) is 6.07. The Bertz CT molecular complexity index is 196. The van der Waals surface area contributed by atoms with E-state index in [9.17, 15) is 0 Å². The van der Waals surface area contributed by atoms with Gasteiger partial charge in [-0.1, -0.05) is 0 Å². The Hall–Kier alpha value is -1.05. The van der Waals surface area contributed by atoms with Gasteiger partial charge in [-0.3, -0.25) is 4.99 Å². The minimum atomic E-state index is 0.958. The highest BCUT2D eigenvalue weighted by atomic mass is 14.8. The Morgan fingerprint density at radius 3 is 2.50 bits per heavy atom. The van der Waals surface area contributed by atoms with E-state index in [0.29, 0.717) is 0 Å². The number of rotatable bonds is 4. The fourth-order valence-corrected chi connectivity index (χ4v) is 0.763. The van der Waals surface area contributed by atoms with Crippen LogP contribution in [0.1, 0.15) is 27.7 Å². The summed E-state index contributed by atoms with van der Waals surface area (Å²) in [7, 11) is 0. The lowest BCUT2D eigenvalue weighted by molar-refractivity contribution is 0.919. The van der Waals surface area contributed by atoms with Crippen molar-refractivity contribution in [2.45, 2.75) is 27.7 Å². The minimum Gasteiger partial charge on any atom is -0.391 e. The second kappa shape index (κ2) is 6.65. The summed E-state index contributed by atoms with van der Waals surface area (Å²) < 4.78 is 0. The molecule has 0 radical (unpaired) electrons. The van der Waals surface area contributed by atoms with Gasteiger partial charge in [0.2, 0.25) is 0 Å². The monoisotopic (exact) mass is 166 g/mol. The quantitative estimate of drug-likeness (QED) is 0.503. The third-order valence-corrected chi connectivity index (χ3v) is 1.16. The van der Waals surface area contributed by atoms with Gasteiger partial charge >= 0.3 is 0 Å². The van der Waals surface area contributed by atoms with Crippen LogP contribution < -0.4 is 5.32 Å². The number of hydrogen-bond acceptors (Lipinski definition) is 2. The van der Waals surface area contributed by atoms with E-state index >= 15 is 0 Å². The standard InChI is InChI=1S/C10H18N2/c1-5-11-8-6-7-10(4)12-9(2)3/h6-8,11H,5H2,1-4H3/b8-6-,10-7-. The molecule has 0 spiro atoms. The topological polar surface area (TPSA) is 24.4 Å². The Morgan fingerprint density at radius 1 is 1.33 bits per heavy atom. The molecule has 0 fully saturated rings. The Labute approximate surface area is 75.1 Å². The van der Waals surface area contributed by atoms with Crippen LogP contribution in [0.15, 0.2) is 29.0 Å². The third-order valence-electron chi connectivity index (χ3n) is 1.16. The van der Waals surface area contributed by atoms with Crippen LogP contribution in [0.25, 0.3) is 0 Å². The molecular weight excluding hydrogens is 148 g/mol. The summed E-state index contributed by atoms with van der Waals surface area (Å²) in [6, 6.07) is 0. The maximum atomic E-state index is 4.27. The van der Waals surface area contributed by atoms with Crippen molar-refractivity contribution in [3.8, 4) is 0 Å². The molecule has 12 heavy (non-hydrogen) atoms. The van der Waals surface area contributed by atoms with Gasteiger partial charge in [-0.05, 0) is 46.0 Å². The van der Waals surface area contributed by atoms with E-state index in [2.05, 4.69) is 17.2 Å².